The number of benzene rings is 2. The normalized spacial score (nSPS) is 11.1. The maximum atomic E-state index is 13.3. The molecule has 0 spiro atoms. The number of tetrazole rings is 1. The first-order valence-corrected chi connectivity index (χ1v) is 11.4. The molecule has 0 aliphatic heterocycles. The number of rotatable bonds is 7. The van der Waals surface area contributed by atoms with Gasteiger partial charge in [-0.2, -0.15) is 9.78 Å². The Morgan fingerprint density at radius 1 is 1.05 bits per heavy atom. The summed E-state index contributed by atoms with van der Waals surface area (Å²) >= 11 is 1.07. The zero-order valence-corrected chi connectivity index (χ0v) is 19.5. The van der Waals surface area contributed by atoms with Gasteiger partial charge in [0.25, 0.3) is 17.2 Å². The maximum absolute atomic E-state index is 13.3. The summed E-state index contributed by atoms with van der Waals surface area (Å²) < 4.78 is 2.86. The van der Waals surface area contributed by atoms with Crippen LogP contribution in [0.3, 0.4) is 0 Å². The summed E-state index contributed by atoms with van der Waals surface area (Å²) in [5, 5.41) is 27.2. The van der Waals surface area contributed by atoms with Crippen molar-refractivity contribution in [2.75, 3.05) is 0 Å². The molecule has 0 bridgehead atoms. The number of carbonyl (C=O) groups excluding carboxylic acids is 1. The van der Waals surface area contributed by atoms with Crippen LogP contribution in [-0.4, -0.2) is 46.6 Å². The van der Waals surface area contributed by atoms with Crippen molar-refractivity contribution >= 4 is 35.2 Å². The molecular formula is C23H15N9O4S. The summed E-state index contributed by atoms with van der Waals surface area (Å²) in [5.74, 6) is -0.609. The molecule has 0 unspecified atom stereocenters. The van der Waals surface area contributed by atoms with E-state index in [1.807, 2.05) is 30.3 Å². The number of nitrogens with zero attached hydrogens (tertiary/aromatic N) is 8. The number of nitro benzene ring substituents is 1. The molecule has 2 aromatic carbocycles. The van der Waals surface area contributed by atoms with Crippen molar-refractivity contribution in [2.45, 2.75) is 10.2 Å². The quantitative estimate of drug-likeness (QED) is 0.149. The van der Waals surface area contributed by atoms with Gasteiger partial charge in [-0.15, -0.1) is 5.10 Å². The van der Waals surface area contributed by atoms with Gasteiger partial charge in [0.15, 0.2) is 0 Å². The molecule has 0 saturated carbocycles. The number of nitrogens with one attached hydrogen (secondary N) is 1. The van der Waals surface area contributed by atoms with Crippen LogP contribution in [0.5, 0.6) is 0 Å². The number of carbonyl (C=O) groups is 1. The summed E-state index contributed by atoms with van der Waals surface area (Å²) in [6, 6.07) is 19.4. The van der Waals surface area contributed by atoms with Gasteiger partial charge in [0.1, 0.15) is 10.7 Å². The van der Waals surface area contributed by atoms with E-state index in [0.29, 0.717) is 10.8 Å². The van der Waals surface area contributed by atoms with E-state index in [1.54, 1.807) is 24.4 Å². The Hall–Kier alpha value is -5.24. The average molecular weight is 513 g/mol. The molecule has 0 aliphatic rings. The standard InChI is InChI=1S/C23H15N9O4S/c33-20(15-9-11-17(12-10-15)32(35)36)26-24-14-18-21(25-19-8-4-5-13-30(19)22(18)34)37-23-27-28-29-31(23)16-6-2-1-3-7-16/h1-14H,(H,26,33)/b24-14-. The Labute approximate surface area is 211 Å². The molecule has 3 heterocycles. The van der Waals surface area contributed by atoms with Gasteiger partial charge in [-0.25, -0.2) is 10.4 Å². The number of hydrogen-bond donors (Lipinski definition) is 1. The van der Waals surface area contributed by atoms with Crippen LogP contribution in [0.15, 0.2) is 99.1 Å². The fourth-order valence-corrected chi connectivity index (χ4v) is 4.15. The summed E-state index contributed by atoms with van der Waals surface area (Å²) in [7, 11) is 0. The molecule has 0 saturated heterocycles. The van der Waals surface area contributed by atoms with Crippen LogP contribution in [0.4, 0.5) is 5.69 Å². The molecule has 5 rings (SSSR count). The van der Waals surface area contributed by atoms with Gasteiger partial charge in [0.2, 0.25) is 5.16 Å². The summed E-state index contributed by atoms with van der Waals surface area (Å²) in [6.45, 7) is 0. The molecular weight excluding hydrogens is 498 g/mol. The van der Waals surface area contributed by atoms with Gasteiger partial charge in [-0.05, 0) is 58.6 Å². The zero-order chi connectivity index (χ0) is 25.8. The average Bonchev–Trinajstić information content (AvgIpc) is 3.39. The number of hydrazone groups is 1. The van der Waals surface area contributed by atoms with Gasteiger partial charge in [-0.3, -0.25) is 24.1 Å². The lowest BCUT2D eigenvalue weighted by atomic mass is 10.2. The van der Waals surface area contributed by atoms with Gasteiger partial charge in [-0.1, -0.05) is 24.3 Å². The molecule has 1 N–H and O–H groups in total. The SMILES string of the molecule is O=C(N/N=C\c1c(Sc2nnnn2-c2ccccc2)nc2ccccn2c1=O)c1ccc([N+](=O)[O-])cc1. The van der Waals surface area contributed by atoms with E-state index in [2.05, 4.69) is 31.0 Å². The fraction of sp³-hybridized carbons (Fsp3) is 0. The number of pyridine rings is 1. The molecule has 182 valence electrons. The third-order valence-electron chi connectivity index (χ3n) is 5.06. The zero-order valence-electron chi connectivity index (χ0n) is 18.7. The van der Waals surface area contributed by atoms with Crippen LogP contribution in [0.25, 0.3) is 11.3 Å². The summed E-state index contributed by atoms with van der Waals surface area (Å²) in [4.78, 5) is 40.5. The van der Waals surface area contributed by atoms with Crippen molar-refractivity contribution in [3.05, 3.63) is 111 Å². The lowest BCUT2D eigenvalue weighted by Gasteiger charge is -2.08. The van der Waals surface area contributed by atoms with Crippen molar-refractivity contribution in [3.63, 3.8) is 0 Å². The Balaban J connectivity index is 1.47. The highest BCUT2D eigenvalue weighted by molar-refractivity contribution is 7.99. The molecule has 14 heteroatoms. The van der Waals surface area contributed by atoms with Crippen LogP contribution in [0.1, 0.15) is 15.9 Å². The topological polar surface area (TPSA) is 163 Å². The molecule has 13 nitrogen and oxygen atoms in total. The second-order valence-electron chi connectivity index (χ2n) is 7.38. The van der Waals surface area contributed by atoms with E-state index >= 15 is 0 Å². The number of amides is 1. The van der Waals surface area contributed by atoms with E-state index in [4.69, 9.17) is 0 Å². The monoisotopic (exact) mass is 513 g/mol. The van der Waals surface area contributed by atoms with E-state index in [1.165, 1.54) is 39.6 Å². The van der Waals surface area contributed by atoms with Crippen LogP contribution in [0.2, 0.25) is 0 Å². The highest BCUT2D eigenvalue weighted by atomic mass is 32.2. The number of nitro groups is 1. The highest BCUT2D eigenvalue weighted by Crippen LogP contribution is 2.27. The molecule has 37 heavy (non-hydrogen) atoms. The summed E-state index contributed by atoms with van der Waals surface area (Å²) in [5.41, 5.74) is 3.15. The van der Waals surface area contributed by atoms with Gasteiger partial charge in [0, 0.05) is 23.9 Å². The first-order valence-electron chi connectivity index (χ1n) is 10.6. The molecule has 0 fully saturated rings. The Kier molecular flexibility index (Phi) is 6.46. The third-order valence-corrected chi connectivity index (χ3v) is 6.01. The number of aromatic nitrogens is 6. The van der Waals surface area contributed by atoms with Crippen molar-refractivity contribution in [1.82, 2.24) is 35.0 Å². The van der Waals surface area contributed by atoms with E-state index < -0.39 is 16.4 Å². The molecule has 0 atom stereocenters. The first-order chi connectivity index (χ1) is 18.0. The smallest absolute Gasteiger partial charge is 0.268 e. The fourth-order valence-electron chi connectivity index (χ4n) is 3.29. The second kappa shape index (κ2) is 10.2. The highest BCUT2D eigenvalue weighted by Gasteiger charge is 2.17. The van der Waals surface area contributed by atoms with Crippen LogP contribution in [0, 0.1) is 10.1 Å². The minimum atomic E-state index is -0.609. The van der Waals surface area contributed by atoms with Crippen molar-refractivity contribution in [3.8, 4) is 5.69 Å². The maximum Gasteiger partial charge on any atom is 0.271 e. The lowest BCUT2D eigenvalue weighted by molar-refractivity contribution is -0.384. The minimum Gasteiger partial charge on any atom is -0.268 e. The van der Waals surface area contributed by atoms with E-state index in [0.717, 1.165) is 17.4 Å². The van der Waals surface area contributed by atoms with Crippen molar-refractivity contribution in [1.29, 1.82) is 0 Å². The van der Waals surface area contributed by atoms with E-state index in [9.17, 15) is 19.7 Å². The lowest BCUT2D eigenvalue weighted by Crippen LogP contribution is -2.23. The predicted octanol–water partition coefficient (Wildman–Crippen LogP) is 2.49. The number of hydrogen-bond acceptors (Lipinski definition) is 10. The minimum absolute atomic E-state index is 0.0975. The van der Waals surface area contributed by atoms with Gasteiger partial charge >= 0.3 is 0 Å². The summed E-state index contributed by atoms with van der Waals surface area (Å²) in [6.07, 6.45) is 2.76. The second-order valence-corrected chi connectivity index (χ2v) is 8.33. The van der Waals surface area contributed by atoms with E-state index in [-0.39, 0.29) is 21.8 Å². The predicted molar refractivity (Wildman–Crippen MR) is 133 cm³/mol. The molecule has 3 aromatic heterocycles. The van der Waals surface area contributed by atoms with Crippen LogP contribution in [-0.2, 0) is 0 Å². The van der Waals surface area contributed by atoms with Gasteiger partial charge < -0.3 is 0 Å². The molecule has 1 amide bonds. The van der Waals surface area contributed by atoms with Crippen LogP contribution >= 0.6 is 11.8 Å². The number of para-hydroxylation sites is 1. The first kappa shape index (κ1) is 23.5. The molecule has 0 radical (unpaired) electrons. The molecule has 5 aromatic rings. The molecule has 0 aliphatic carbocycles. The third kappa shape index (κ3) is 4.94. The van der Waals surface area contributed by atoms with Crippen LogP contribution < -0.4 is 11.0 Å². The Morgan fingerprint density at radius 2 is 1.81 bits per heavy atom. The van der Waals surface area contributed by atoms with Crippen molar-refractivity contribution < 1.29 is 9.72 Å². The largest absolute Gasteiger partial charge is 0.271 e. The Morgan fingerprint density at radius 3 is 2.57 bits per heavy atom. The number of fused-ring (bicyclic) bond motifs is 1. The Bertz CT molecular complexity index is 1700. The van der Waals surface area contributed by atoms with Gasteiger partial charge in [0.05, 0.1) is 22.4 Å². The number of non-ortho nitro benzene ring substituents is 1. The van der Waals surface area contributed by atoms with Crippen molar-refractivity contribution in [2.24, 2.45) is 5.10 Å².